The summed E-state index contributed by atoms with van der Waals surface area (Å²) in [7, 11) is 0. The Bertz CT molecular complexity index is 236. The topological polar surface area (TPSA) is 32.3 Å². The Morgan fingerprint density at radius 3 is 2.69 bits per heavy atom. The van der Waals surface area contributed by atoms with Crippen LogP contribution < -0.4 is 5.32 Å². The Labute approximate surface area is 98.6 Å². The highest BCUT2D eigenvalue weighted by atomic mass is 16.2. The van der Waals surface area contributed by atoms with Gasteiger partial charge in [-0.1, -0.05) is 13.3 Å². The molecule has 3 heteroatoms. The number of nitrogens with zero attached hydrogens (tertiary/aromatic N) is 1. The summed E-state index contributed by atoms with van der Waals surface area (Å²) in [5.41, 5.74) is 0. The molecule has 92 valence electrons. The van der Waals surface area contributed by atoms with Crippen LogP contribution in [0.5, 0.6) is 0 Å². The molecule has 2 amide bonds. The number of carbonyl (C=O) groups is 1. The van der Waals surface area contributed by atoms with Crippen LogP contribution in [-0.4, -0.2) is 29.6 Å². The Morgan fingerprint density at radius 1 is 1.25 bits per heavy atom. The number of likely N-dealkylation sites (tertiary alicyclic amines) is 1. The first-order chi connectivity index (χ1) is 7.81. The fourth-order valence-electron chi connectivity index (χ4n) is 2.71. The van der Waals surface area contributed by atoms with Gasteiger partial charge in [0.15, 0.2) is 0 Å². The maximum Gasteiger partial charge on any atom is 0.317 e. The van der Waals surface area contributed by atoms with Gasteiger partial charge in [-0.15, -0.1) is 0 Å². The largest absolute Gasteiger partial charge is 0.335 e. The second kappa shape index (κ2) is 5.55. The molecule has 0 aromatic rings. The van der Waals surface area contributed by atoms with Gasteiger partial charge < -0.3 is 10.2 Å². The van der Waals surface area contributed by atoms with Gasteiger partial charge in [0.25, 0.3) is 0 Å². The summed E-state index contributed by atoms with van der Waals surface area (Å²) < 4.78 is 0. The van der Waals surface area contributed by atoms with Crippen molar-refractivity contribution in [2.45, 2.75) is 70.4 Å². The molecule has 1 heterocycles. The molecule has 1 N–H and O–H groups in total. The van der Waals surface area contributed by atoms with Gasteiger partial charge in [0.2, 0.25) is 0 Å². The first-order valence-electron chi connectivity index (χ1n) is 6.88. The van der Waals surface area contributed by atoms with E-state index in [-0.39, 0.29) is 6.03 Å². The molecule has 0 bridgehead atoms. The lowest BCUT2D eigenvalue weighted by molar-refractivity contribution is 0.138. The van der Waals surface area contributed by atoms with Crippen LogP contribution in [0.15, 0.2) is 0 Å². The first-order valence-corrected chi connectivity index (χ1v) is 6.88. The van der Waals surface area contributed by atoms with Crippen LogP contribution in [0.1, 0.15) is 58.3 Å². The summed E-state index contributed by atoms with van der Waals surface area (Å²) >= 11 is 0. The summed E-state index contributed by atoms with van der Waals surface area (Å²) in [5, 5.41) is 3.16. The van der Waals surface area contributed by atoms with E-state index >= 15 is 0 Å². The van der Waals surface area contributed by atoms with Crippen molar-refractivity contribution in [3.8, 4) is 0 Å². The summed E-state index contributed by atoms with van der Waals surface area (Å²) in [5.74, 6) is 0. The van der Waals surface area contributed by atoms with Crippen molar-refractivity contribution in [2.24, 2.45) is 0 Å². The van der Waals surface area contributed by atoms with Crippen LogP contribution in [0.4, 0.5) is 4.79 Å². The molecule has 1 saturated carbocycles. The molecule has 1 aliphatic heterocycles. The third-order valence-corrected chi connectivity index (χ3v) is 3.94. The van der Waals surface area contributed by atoms with E-state index in [0.29, 0.717) is 12.1 Å². The lowest BCUT2D eigenvalue weighted by Gasteiger charge is -2.38. The van der Waals surface area contributed by atoms with E-state index in [2.05, 4.69) is 17.1 Å². The van der Waals surface area contributed by atoms with Crippen LogP contribution in [-0.2, 0) is 0 Å². The number of carbonyl (C=O) groups excluding carboxylic acids is 1. The molecule has 0 aromatic carbocycles. The highest BCUT2D eigenvalue weighted by Gasteiger charge is 2.28. The van der Waals surface area contributed by atoms with E-state index in [1.165, 1.54) is 44.9 Å². The smallest absolute Gasteiger partial charge is 0.317 e. The molecule has 1 atom stereocenters. The zero-order chi connectivity index (χ0) is 11.4. The number of nitrogens with one attached hydrogen (secondary N) is 1. The van der Waals surface area contributed by atoms with Crippen LogP contribution in [0.2, 0.25) is 0 Å². The Kier molecular flexibility index (Phi) is 4.08. The van der Waals surface area contributed by atoms with Gasteiger partial charge in [0.05, 0.1) is 0 Å². The zero-order valence-corrected chi connectivity index (χ0v) is 10.4. The summed E-state index contributed by atoms with van der Waals surface area (Å²) in [6.07, 6.45) is 9.65. The molecule has 0 spiro atoms. The Hall–Kier alpha value is -0.730. The highest BCUT2D eigenvalue weighted by molar-refractivity contribution is 5.75. The average molecular weight is 224 g/mol. The van der Waals surface area contributed by atoms with E-state index in [1.807, 2.05) is 0 Å². The molecule has 16 heavy (non-hydrogen) atoms. The first kappa shape index (κ1) is 11.7. The average Bonchev–Trinajstić information content (AvgIpc) is 2.24. The summed E-state index contributed by atoms with van der Waals surface area (Å²) in [4.78, 5) is 14.2. The number of hydrogen-bond acceptors (Lipinski definition) is 1. The molecular weight excluding hydrogens is 200 g/mol. The van der Waals surface area contributed by atoms with Gasteiger partial charge >= 0.3 is 6.03 Å². The van der Waals surface area contributed by atoms with E-state index in [0.717, 1.165) is 13.0 Å². The van der Waals surface area contributed by atoms with Gasteiger partial charge in [-0.05, 0) is 44.9 Å². The molecule has 0 aromatic heterocycles. The van der Waals surface area contributed by atoms with Gasteiger partial charge in [0, 0.05) is 18.6 Å². The van der Waals surface area contributed by atoms with Crippen molar-refractivity contribution in [2.75, 3.05) is 6.54 Å². The molecule has 0 radical (unpaired) electrons. The van der Waals surface area contributed by atoms with Crippen LogP contribution >= 0.6 is 0 Å². The van der Waals surface area contributed by atoms with Crippen molar-refractivity contribution in [1.82, 2.24) is 10.2 Å². The molecule has 3 nitrogen and oxygen atoms in total. The van der Waals surface area contributed by atoms with Gasteiger partial charge in [-0.25, -0.2) is 4.79 Å². The number of rotatable bonds is 3. The Morgan fingerprint density at radius 2 is 2.06 bits per heavy atom. The van der Waals surface area contributed by atoms with E-state index in [9.17, 15) is 4.79 Å². The third-order valence-electron chi connectivity index (χ3n) is 3.94. The lowest BCUT2D eigenvalue weighted by atomic mass is 9.93. The van der Waals surface area contributed by atoms with Crippen LogP contribution in [0.25, 0.3) is 0 Å². The quantitative estimate of drug-likeness (QED) is 0.785. The molecule has 2 aliphatic rings. The molecule has 1 saturated heterocycles. The minimum Gasteiger partial charge on any atom is -0.335 e. The third kappa shape index (κ3) is 2.69. The van der Waals surface area contributed by atoms with Crippen molar-refractivity contribution < 1.29 is 4.79 Å². The monoisotopic (exact) mass is 224 g/mol. The van der Waals surface area contributed by atoms with Gasteiger partial charge in [0.1, 0.15) is 0 Å². The summed E-state index contributed by atoms with van der Waals surface area (Å²) in [6, 6.07) is 1.17. The number of piperidine rings is 1. The zero-order valence-electron chi connectivity index (χ0n) is 10.4. The number of amides is 2. The lowest BCUT2D eigenvalue weighted by Crippen LogP contribution is -2.52. The fraction of sp³-hybridized carbons (Fsp3) is 0.923. The minimum atomic E-state index is 0.197. The van der Waals surface area contributed by atoms with Crippen molar-refractivity contribution >= 4 is 6.03 Å². The van der Waals surface area contributed by atoms with Crippen molar-refractivity contribution in [1.29, 1.82) is 0 Å². The van der Waals surface area contributed by atoms with E-state index < -0.39 is 0 Å². The standard InChI is InChI=1S/C13H24N2O/c1-2-6-12-9-3-4-10-15(12)13(16)14-11-7-5-8-11/h11-12H,2-10H2,1H3,(H,14,16). The maximum absolute atomic E-state index is 12.1. The van der Waals surface area contributed by atoms with E-state index in [1.54, 1.807) is 0 Å². The summed E-state index contributed by atoms with van der Waals surface area (Å²) in [6.45, 7) is 3.17. The SMILES string of the molecule is CCCC1CCCCN1C(=O)NC1CCC1. The fourth-order valence-corrected chi connectivity index (χ4v) is 2.71. The Balaban J connectivity index is 1.85. The van der Waals surface area contributed by atoms with Crippen LogP contribution in [0.3, 0.4) is 0 Å². The molecule has 1 aliphatic carbocycles. The highest BCUT2D eigenvalue weighted by Crippen LogP contribution is 2.23. The molecule has 1 unspecified atom stereocenters. The molecule has 2 rings (SSSR count). The molecule has 2 fully saturated rings. The number of hydrogen-bond donors (Lipinski definition) is 1. The normalized spacial score (nSPS) is 26.3. The predicted octanol–water partition coefficient (Wildman–Crippen LogP) is 2.90. The second-order valence-corrected chi connectivity index (χ2v) is 5.21. The predicted molar refractivity (Wildman–Crippen MR) is 65.4 cm³/mol. The van der Waals surface area contributed by atoms with Crippen molar-refractivity contribution in [3.05, 3.63) is 0 Å². The number of urea groups is 1. The second-order valence-electron chi connectivity index (χ2n) is 5.21. The van der Waals surface area contributed by atoms with Gasteiger partial charge in [-0.2, -0.15) is 0 Å². The minimum absolute atomic E-state index is 0.197. The van der Waals surface area contributed by atoms with Crippen LogP contribution in [0, 0.1) is 0 Å². The molecular formula is C13H24N2O. The van der Waals surface area contributed by atoms with E-state index in [4.69, 9.17) is 0 Å². The maximum atomic E-state index is 12.1. The van der Waals surface area contributed by atoms with Gasteiger partial charge in [-0.3, -0.25) is 0 Å². The van der Waals surface area contributed by atoms with Crippen molar-refractivity contribution in [3.63, 3.8) is 0 Å².